The highest BCUT2D eigenvalue weighted by atomic mass is 16.6. The summed E-state index contributed by atoms with van der Waals surface area (Å²) < 4.78 is 16.0. The minimum absolute atomic E-state index is 0.176. The Morgan fingerprint density at radius 1 is 1.39 bits per heavy atom. The molecule has 1 aliphatic rings. The zero-order valence-electron chi connectivity index (χ0n) is 11.0. The van der Waals surface area contributed by atoms with Crippen LogP contribution in [0.15, 0.2) is 4.52 Å². The van der Waals surface area contributed by atoms with E-state index in [-0.39, 0.29) is 6.10 Å². The summed E-state index contributed by atoms with van der Waals surface area (Å²) >= 11 is 0. The van der Waals surface area contributed by atoms with Crippen molar-refractivity contribution in [1.29, 1.82) is 0 Å². The Kier molecular flexibility index (Phi) is 5.10. The Balaban J connectivity index is 1.75. The Morgan fingerprint density at radius 2 is 2.28 bits per heavy atom. The van der Waals surface area contributed by atoms with Gasteiger partial charge in [-0.1, -0.05) is 19.0 Å². The molecule has 0 aromatic carbocycles. The fourth-order valence-corrected chi connectivity index (χ4v) is 1.77. The van der Waals surface area contributed by atoms with E-state index < -0.39 is 0 Å². The van der Waals surface area contributed by atoms with E-state index in [4.69, 9.17) is 14.0 Å². The summed E-state index contributed by atoms with van der Waals surface area (Å²) in [5.41, 5.74) is 0. The van der Waals surface area contributed by atoms with E-state index >= 15 is 0 Å². The summed E-state index contributed by atoms with van der Waals surface area (Å²) in [6, 6.07) is 0.510. The number of ether oxygens (including phenoxy) is 2. The van der Waals surface area contributed by atoms with Gasteiger partial charge in [-0.3, -0.25) is 0 Å². The van der Waals surface area contributed by atoms with Gasteiger partial charge in [0.25, 0.3) is 0 Å². The molecule has 1 unspecified atom stereocenters. The lowest BCUT2D eigenvalue weighted by molar-refractivity contribution is -0.0941. The van der Waals surface area contributed by atoms with E-state index in [1.165, 1.54) is 0 Å². The van der Waals surface area contributed by atoms with Gasteiger partial charge in [-0.15, -0.1) is 0 Å². The average Bonchev–Trinajstić information content (AvgIpc) is 2.84. The van der Waals surface area contributed by atoms with Crippen molar-refractivity contribution in [2.24, 2.45) is 0 Å². The van der Waals surface area contributed by atoms with Crippen molar-refractivity contribution < 1.29 is 14.0 Å². The number of aryl methyl sites for hydroxylation is 1. The Bertz CT molecular complexity index is 348. The monoisotopic (exact) mass is 255 g/mol. The van der Waals surface area contributed by atoms with Crippen LogP contribution in [0, 0.1) is 0 Å². The number of rotatable bonds is 6. The predicted molar refractivity (Wildman–Crippen MR) is 65.3 cm³/mol. The third-order valence-corrected chi connectivity index (χ3v) is 2.71. The van der Waals surface area contributed by atoms with Crippen LogP contribution in [0.4, 0.5) is 0 Å². The van der Waals surface area contributed by atoms with Crippen LogP contribution in [0.25, 0.3) is 0 Å². The van der Waals surface area contributed by atoms with Gasteiger partial charge in [0.15, 0.2) is 0 Å². The van der Waals surface area contributed by atoms with Crippen LogP contribution < -0.4 is 5.32 Å². The summed E-state index contributed by atoms with van der Waals surface area (Å²) in [5.74, 6) is 1.27. The molecule has 0 aliphatic carbocycles. The lowest BCUT2D eigenvalue weighted by atomic mass is 10.3. The van der Waals surface area contributed by atoms with Gasteiger partial charge in [0.2, 0.25) is 11.7 Å². The first-order valence-electron chi connectivity index (χ1n) is 6.51. The van der Waals surface area contributed by atoms with E-state index in [0.29, 0.717) is 37.6 Å². The first-order chi connectivity index (χ1) is 8.75. The van der Waals surface area contributed by atoms with Gasteiger partial charge in [0.05, 0.1) is 19.8 Å². The smallest absolute Gasteiger partial charge is 0.226 e. The molecule has 0 bridgehead atoms. The van der Waals surface area contributed by atoms with Gasteiger partial charge in [-0.2, -0.15) is 4.98 Å². The second-order valence-electron chi connectivity index (χ2n) is 4.69. The highest BCUT2D eigenvalue weighted by Crippen LogP contribution is 2.17. The Morgan fingerprint density at radius 3 is 3.00 bits per heavy atom. The van der Waals surface area contributed by atoms with Crippen molar-refractivity contribution in [2.75, 3.05) is 26.4 Å². The predicted octanol–water partition coefficient (Wildman–Crippen LogP) is 1.09. The lowest BCUT2D eigenvalue weighted by Crippen LogP contribution is -2.24. The number of nitrogens with one attached hydrogen (secondary N) is 1. The molecule has 1 aromatic heterocycles. The highest BCUT2D eigenvalue weighted by molar-refractivity contribution is 4.92. The van der Waals surface area contributed by atoms with Crippen LogP contribution >= 0.6 is 0 Å². The molecule has 102 valence electrons. The first-order valence-corrected chi connectivity index (χ1v) is 6.51. The molecule has 1 saturated heterocycles. The van der Waals surface area contributed by atoms with Crippen LogP contribution in [-0.4, -0.2) is 42.5 Å². The maximum Gasteiger partial charge on any atom is 0.226 e. The van der Waals surface area contributed by atoms with E-state index in [0.717, 1.165) is 19.4 Å². The van der Waals surface area contributed by atoms with E-state index in [2.05, 4.69) is 29.3 Å². The molecule has 0 radical (unpaired) electrons. The number of aromatic nitrogens is 2. The SMILES string of the molecule is CC(C)NCCCc1nc(C2COCCO2)no1. The normalized spacial score (nSPS) is 20.5. The minimum atomic E-state index is -0.176. The molecule has 1 atom stereocenters. The molecule has 1 N–H and O–H groups in total. The van der Waals surface area contributed by atoms with E-state index in [1.807, 2.05) is 0 Å². The zero-order chi connectivity index (χ0) is 12.8. The van der Waals surface area contributed by atoms with Gasteiger partial charge < -0.3 is 19.3 Å². The summed E-state index contributed by atoms with van der Waals surface area (Å²) in [4.78, 5) is 4.34. The van der Waals surface area contributed by atoms with Crippen molar-refractivity contribution in [1.82, 2.24) is 15.5 Å². The second kappa shape index (κ2) is 6.82. The van der Waals surface area contributed by atoms with Crippen molar-refractivity contribution in [2.45, 2.75) is 38.8 Å². The van der Waals surface area contributed by atoms with Crippen molar-refractivity contribution >= 4 is 0 Å². The molecular weight excluding hydrogens is 234 g/mol. The third-order valence-electron chi connectivity index (χ3n) is 2.71. The van der Waals surface area contributed by atoms with Gasteiger partial charge >= 0.3 is 0 Å². The van der Waals surface area contributed by atoms with Crippen LogP contribution in [-0.2, 0) is 15.9 Å². The molecule has 1 aromatic rings. The van der Waals surface area contributed by atoms with E-state index in [9.17, 15) is 0 Å². The average molecular weight is 255 g/mol. The van der Waals surface area contributed by atoms with Crippen LogP contribution in [0.5, 0.6) is 0 Å². The van der Waals surface area contributed by atoms with Crippen LogP contribution in [0.3, 0.4) is 0 Å². The zero-order valence-corrected chi connectivity index (χ0v) is 11.0. The van der Waals surface area contributed by atoms with Crippen molar-refractivity contribution in [3.05, 3.63) is 11.7 Å². The molecule has 1 fully saturated rings. The lowest BCUT2D eigenvalue weighted by Gasteiger charge is -2.19. The summed E-state index contributed by atoms with van der Waals surface area (Å²) in [7, 11) is 0. The fraction of sp³-hybridized carbons (Fsp3) is 0.833. The minimum Gasteiger partial charge on any atom is -0.376 e. The molecule has 1 aliphatic heterocycles. The van der Waals surface area contributed by atoms with Crippen molar-refractivity contribution in [3.63, 3.8) is 0 Å². The second-order valence-corrected chi connectivity index (χ2v) is 4.69. The van der Waals surface area contributed by atoms with Gasteiger partial charge in [-0.25, -0.2) is 0 Å². The molecule has 2 rings (SSSR count). The quantitative estimate of drug-likeness (QED) is 0.767. The molecule has 6 nitrogen and oxygen atoms in total. The molecule has 2 heterocycles. The first kappa shape index (κ1) is 13.5. The Labute approximate surface area is 107 Å². The standard InChI is InChI=1S/C12H21N3O3/c1-9(2)13-5-3-4-11-14-12(15-18-11)10-8-16-6-7-17-10/h9-10,13H,3-8H2,1-2H3. The largest absolute Gasteiger partial charge is 0.376 e. The van der Waals surface area contributed by atoms with Crippen LogP contribution in [0.1, 0.15) is 38.1 Å². The fourth-order valence-electron chi connectivity index (χ4n) is 1.77. The summed E-state index contributed by atoms with van der Waals surface area (Å²) in [6.45, 7) is 6.96. The number of nitrogens with zero attached hydrogens (tertiary/aromatic N) is 2. The van der Waals surface area contributed by atoms with Gasteiger partial charge in [0, 0.05) is 12.5 Å². The Hall–Kier alpha value is -0.980. The highest BCUT2D eigenvalue weighted by Gasteiger charge is 2.22. The summed E-state index contributed by atoms with van der Waals surface area (Å²) in [6.07, 6.45) is 1.60. The summed E-state index contributed by atoms with van der Waals surface area (Å²) in [5, 5.41) is 7.29. The maximum absolute atomic E-state index is 5.51. The molecule has 0 spiro atoms. The molecule has 0 saturated carbocycles. The van der Waals surface area contributed by atoms with Crippen molar-refractivity contribution in [3.8, 4) is 0 Å². The third kappa shape index (κ3) is 4.04. The molecule has 0 amide bonds. The topological polar surface area (TPSA) is 69.4 Å². The number of hydrogen-bond acceptors (Lipinski definition) is 6. The molecule has 18 heavy (non-hydrogen) atoms. The van der Waals surface area contributed by atoms with Crippen LogP contribution in [0.2, 0.25) is 0 Å². The van der Waals surface area contributed by atoms with Gasteiger partial charge in [-0.05, 0) is 13.0 Å². The maximum atomic E-state index is 5.51. The molecular formula is C12H21N3O3. The van der Waals surface area contributed by atoms with Gasteiger partial charge in [0.1, 0.15) is 6.10 Å². The molecule has 6 heteroatoms. The number of hydrogen-bond donors (Lipinski definition) is 1. The van der Waals surface area contributed by atoms with E-state index in [1.54, 1.807) is 0 Å².